The Kier molecular flexibility index (Phi) is 4.80. The van der Waals surface area contributed by atoms with Crippen molar-refractivity contribution in [3.05, 3.63) is 0 Å². The van der Waals surface area contributed by atoms with Gasteiger partial charge in [-0.25, -0.2) is 0 Å². The van der Waals surface area contributed by atoms with Crippen LogP contribution in [0.1, 0.15) is 38.5 Å². The van der Waals surface area contributed by atoms with E-state index in [-0.39, 0.29) is 5.91 Å². The Morgan fingerprint density at radius 3 is 2.59 bits per heavy atom. The standard InChI is InChI=1S/C13H25N3O/c1-16-8-7-12(10-16)14-9-13(17)15-11-5-3-2-4-6-11/h11-12,14H,2-10H2,1H3,(H,15,17). The summed E-state index contributed by atoms with van der Waals surface area (Å²) < 4.78 is 0. The molecule has 1 saturated heterocycles. The lowest BCUT2D eigenvalue weighted by Crippen LogP contribution is -2.44. The topological polar surface area (TPSA) is 44.4 Å². The molecule has 2 aliphatic rings. The van der Waals surface area contributed by atoms with Crippen molar-refractivity contribution in [1.29, 1.82) is 0 Å². The maximum absolute atomic E-state index is 11.8. The molecule has 0 spiro atoms. The molecule has 0 bridgehead atoms. The zero-order chi connectivity index (χ0) is 12.1. The summed E-state index contributed by atoms with van der Waals surface area (Å²) in [7, 11) is 2.13. The predicted octanol–water partition coefficient (Wildman–Crippen LogP) is 0.729. The fourth-order valence-corrected chi connectivity index (χ4v) is 2.86. The molecule has 1 saturated carbocycles. The Labute approximate surface area is 104 Å². The SMILES string of the molecule is CN1CCC(NCC(=O)NC2CCCCC2)C1. The molecule has 0 aromatic carbocycles. The highest BCUT2D eigenvalue weighted by Gasteiger charge is 2.20. The lowest BCUT2D eigenvalue weighted by atomic mass is 9.95. The first-order valence-corrected chi connectivity index (χ1v) is 6.95. The molecule has 2 rings (SSSR count). The first-order valence-electron chi connectivity index (χ1n) is 6.95. The molecule has 1 aliphatic carbocycles. The van der Waals surface area contributed by atoms with Gasteiger partial charge in [-0.2, -0.15) is 0 Å². The average molecular weight is 239 g/mol. The Morgan fingerprint density at radius 2 is 1.94 bits per heavy atom. The number of likely N-dealkylation sites (tertiary alicyclic amines) is 1. The third-order valence-electron chi connectivity index (χ3n) is 3.91. The van der Waals surface area contributed by atoms with Crippen LogP contribution in [0.3, 0.4) is 0 Å². The summed E-state index contributed by atoms with van der Waals surface area (Å²) in [5, 5.41) is 6.49. The summed E-state index contributed by atoms with van der Waals surface area (Å²) in [5.41, 5.74) is 0. The third kappa shape index (κ3) is 4.28. The van der Waals surface area contributed by atoms with Gasteiger partial charge in [0.05, 0.1) is 6.54 Å². The molecule has 2 N–H and O–H groups in total. The van der Waals surface area contributed by atoms with Crippen molar-refractivity contribution in [2.24, 2.45) is 0 Å². The van der Waals surface area contributed by atoms with Gasteiger partial charge in [-0.3, -0.25) is 4.79 Å². The molecule has 1 atom stereocenters. The molecule has 4 heteroatoms. The Bertz CT molecular complexity index is 251. The molecule has 1 aliphatic heterocycles. The second kappa shape index (κ2) is 6.36. The maximum atomic E-state index is 11.8. The number of hydrogen-bond donors (Lipinski definition) is 2. The van der Waals surface area contributed by atoms with Crippen LogP contribution in [0, 0.1) is 0 Å². The van der Waals surface area contributed by atoms with Crippen molar-refractivity contribution in [2.75, 3.05) is 26.7 Å². The molecule has 1 unspecified atom stereocenters. The first kappa shape index (κ1) is 12.8. The normalized spacial score (nSPS) is 27.2. The van der Waals surface area contributed by atoms with Gasteiger partial charge in [-0.05, 0) is 32.9 Å². The van der Waals surface area contributed by atoms with Crippen molar-refractivity contribution in [1.82, 2.24) is 15.5 Å². The fourth-order valence-electron chi connectivity index (χ4n) is 2.86. The highest BCUT2D eigenvalue weighted by Crippen LogP contribution is 2.17. The average Bonchev–Trinajstić information content (AvgIpc) is 2.74. The van der Waals surface area contributed by atoms with Crippen molar-refractivity contribution < 1.29 is 4.79 Å². The second-order valence-electron chi connectivity index (χ2n) is 5.53. The van der Waals surface area contributed by atoms with E-state index < -0.39 is 0 Å². The summed E-state index contributed by atoms with van der Waals surface area (Å²) in [4.78, 5) is 14.1. The van der Waals surface area contributed by atoms with Crippen LogP contribution in [0.4, 0.5) is 0 Å². The van der Waals surface area contributed by atoms with Gasteiger partial charge in [0.15, 0.2) is 0 Å². The molecular formula is C13H25N3O. The summed E-state index contributed by atoms with van der Waals surface area (Å²) >= 11 is 0. The second-order valence-corrected chi connectivity index (χ2v) is 5.53. The Hall–Kier alpha value is -0.610. The van der Waals surface area contributed by atoms with E-state index in [1.165, 1.54) is 19.3 Å². The zero-order valence-electron chi connectivity index (χ0n) is 10.9. The molecule has 0 radical (unpaired) electrons. The van der Waals surface area contributed by atoms with Crippen molar-refractivity contribution in [3.63, 3.8) is 0 Å². The number of nitrogens with zero attached hydrogens (tertiary/aromatic N) is 1. The quantitative estimate of drug-likeness (QED) is 0.760. The minimum Gasteiger partial charge on any atom is -0.352 e. The molecular weight excluding hydrogens is 214 g/mol. The predicted molar refractivity (Wildman–Crippen MR) is 68.9 cm³/mol. The van der Waals surface area contributed by atoms with E-state index in [1.807, 2.05) is 0 Å². The van der Waals surface area contributed by atoms with Crippen LogP contribution in [0.15, 0.2) is 0 Å². The van der Waals surface area contributed by atoms with Crippen molar-refractivity contribution in [3.8, 4) is 0 Å². The van der Waals surface area contributed by atoms with Crippen molar-refractivity contribution >= 4 is 5.91 Å². The van der Waals surface area contributed by atoms with Gasteiger partial charge >= 0.3 is 0 Å². The highest BCUT2D eigenvalue weighted by molar-refractivity contribution is 5.78. The Balaban J connectivity index is 1.60. The number of hydrogen-bond acceptors (Lipinski definition) is 3. The Morgan fingerprint density at radius 1 is 1.18 bits per heavy atom. The number of likely N-dealkylation sites (N-methyl/N-ethyl adjacent to an activating group) is 1. The minimum absolute atomic E-state index is 0.173. The third-order valence-corrected chi connectivity index (χ3v) is 3.91. The van der Waals surface area contributed by atoms with Crippen LogP contribution < -0.4 is 10.6 Å². The van der Waals surface area contributed by atoms with Gasteiger partial charge in [0.25, 0.3) is 0 Å². The first-order chi connectivity index (χ1) is 8.24. The minimum atomic E-state index is 0.173. The van der Waals surface area contributed by atoms with Crippen LogP contribution in [0.5, 0.6) is 0 Å². The van der Waals surface area contributed by atoms with E-state index in [9.17, 15) is 4.79 Å². The lowest BCUT2D eigenvalue weighted by molar-refractivity contribution is -0.121. The zero-order valence-corrected chi connectivity index (χ0v) is 10.9. The van der Waals surface area contributed by atoms with Crippen LogP contribution in [-0.4, -0.2) is 49.6 Å². The molecule has 4 nitrogen and oxygen atoms in total. The summed E-state index contributed by atoms with van der Waals surface area (Å²) in [6.07, 6.45) is 7.36. The largest absolute Gasteiger partial charge is 0.352 e. The van der Waals surface area contributed by atoms with Gasteiger partial charge in [-0.1, -0.05) is 19.3 Å². The molecule has 98 valence electrons. The number of carbonyl (C=O) groups is 1. The monoisotopic (exact) mass is 239 g/mol. The smallest absolute Gasteiger partial charge is 0.234 e. The summed E-state index contributed by atoms with van der Waals surface area (Å²) in [5.74, 6) is 0.173. The van der Waals surface area contributed by atoms with Crippen LogP contribution in [0.2, 0.25) is 0 Å². The number of rotatable bonds is 4. The molecule has 17 heavy (non-hydrogen) atoms. The van der Waals surface area contributed by atoms with Gasteiger partial charge in [0.2, 0.25) is 5.91 Å². The van der Waals surface area contributed by atoms with E-state index in [1.54, 1.807) is 0 Å². The number of carbonyl (C=O) groups excluding carboxylic acids is 1. The van der Waals surface area contributed by atoms with E-state index in [0.29, 0.717) is 18.6 Å². The van der Waals surface area contributed by atoms with E-state index in [4.69, 9.17) is 0 Å². The van der Waals surface area contributed by atoms with Gasteiger partial charge in [0.1, 0.15) is 0 Å². The maximum Gasteiger partial charge on any atom is 0.234 e. The summed E-state index contributed by atoms with van der Waals surface area (Å²) in [6, 6.07) is 0.932. The van der Waals surface area contributed by atoms with Crippen molar-refractivity contribution in [2.45, 2.75) is 50.6 Å². The van der Waals surface area contributed by atoms with E-state index in [2.05, 4.69) is 22.6 Å². The fraction of sp³-hybridized carbons (Fsp3) is 0.923. The molecule has 2 fully saturated rings. The summed E-state index contributed by atoms with van der Waals surface area (Å²) in [6.45, 7) is 2.69. The molecule has 1 amide bonds. The molecule has 0 aromatic heterocycles. The van der Waals surface area contributed by atoms with Gasteiger partial charge in [-0.15, -0.1) is 0 Å². The van der Waals surface area contributed by atoms with E-state index >= 15 is 0 Å². The van der Waals surface area contributed by atoms with E-state index in [0.717, 1.165) is 32.4 Å². The van der Waals surface area contributed by atoms with Gasteiger partial charge in [0, 0.05) is 18.6 Å². The van der Waals surface area contributed by atoms with Crippen LogP contribution in [-0.2, 0) is 4.79 Å². The van der Waals surface area contributed by atoms with Gasteiger partial charge < -0.3 is 15.5 Å². The van der Waals surface area contributed by atoms with Crippen LogP contribution >= 0.6 is 0 Å². The number of nitrogens with one attached hydrogen (secondary N) is 2. The van der Waals surface area contributed by atoms with Crippen LogP contribution in [0.25, 0.3) is 0 Å². The molecule has 0 aromatic rings. The highest BCUT2D eigenvalue weighted by atomic mass is 16.2. The molecule has 1 heterocycles. The lowest BCUT2D eigenvalue weighted by Gasteiger charge is -2.23. The number of amides is 1.